The maximum atomic E-state index is 10.3. The molecule has 12 rings (SSSR count). The highest BCUT2D eigenvalue weighted by Gasteiger charge is 2.26. The average molecular weight is 909 g/mol. The van der Waals surface area contributed by atoms with E-state index in [0.29, 0.717) is 11.3 Å². The lowest BCUT2D eigenvalue weighted by atomic mass is 9.97. The van der Waals surface area contributed by atoms with E-state index < -0.39 is 0 Å². The number of fused-ring (bicyclic) bond motifs is 6. The van der Waals surface area contributed by atoms with Crippen LogP contribution in [0.4, 0.5) is 5.69 Å². The molecule has 0 unspecified atom stereocenters. The lowest BCUT2D eigenvalue weighted by Crippen LogP contribution is -2.03. The summed E-state index contributed by atoms with van der Waals surface area (Å²) in [7, 11) is 0. The minimum absolute atomic E-state index is 0.510. The third kappa shape index (κ3) is 7.46. The number of benzene rings is 10. The molecule has 10 aromatic carbocycles. The first kappa shape index (κ1) is 43.1. The molecule has 0 aliphatic heterocycles. The van der Waals surface area contributed by atoms with Gasteiger partial charge in [0.1, 0.15) is 0 Å². The molecule has 0 radical (unpaired) electrons. The van der Waals surface area contributed by atoms with E-state index in [2.05, 4.69) is 236 Å². The molecule has 2 heterocycles. The van der Waals surface area contributed by atoms with Crippen molar-refractivity contribution in [2.24, 2.45) is 0 Å². The van der Waals surface area contributed by atoms with Crippen molar-refractivity contribution in [1.29, 1.82) is 5.26 Å². The lowest BCUT2D eigenvalue weighted by Gasteiger charge is -2.21. The van der Waals surface area contributed by atoms with Gasteiger partial charge in [0.25, 0.3) is 0 Å². The molecule has 0 amide bonds. The van der Waals surface area contributed by atoms with Gasteiger partial charge in [-0.1, -0.05) is 156 Å². The van der Waals surface area contributed by atoms with Crippen molar-refractivity contribution in [3.05, 3.63) is 245 Å². The van der Waals surface area contributed by atoms with E-state index in [1.165, 1.54) is 22.3 Å². The minimum atomic E-state index is 0.510. The summed E-state index contributed by atoms with van der Waals surface area (Å²) in [5.41, 5.74) is 23.3. The average Bonchev–Trinajstić information content (AvgIpc) is 3.89. The van der Waals surface area contributed by atoms with Gasteiger partial charge in [-0.3, -0.25) is 0 Å². The smallest absolute Gasteiger partial charge is 0.234 e. The Bertz CT molecular complexity index is 4050. The van der Waals surface area contributed by atoms with Crippen molar-refractivity contribution in [3.8, 4) is 73.1 Å². The van der Waals surface area contributed by atoms with Gasteiger partial charge in [-0.15, -0.1) is 0 Å². The van der Waals surface area contributed by atoms with Crippen LogP contribution in [0.2, 0.25) is 0 Å². The van der Waals surface area contributed by atoms with Crippen molar-refractivity contribution in [3.63, 3.8) is 0 Å². The Morgan fingerprint density at radius 2 is 0.732 bits per heavy atom. The van der Waals surface area contributed by atoms with E-state index in [-0.39, 0.29) is 0 Å². The van der Waals surface area contributed by atoms with Crippen LogP contribution in [0.25, 0.3) is 115 Å². The monoisotopic (exact) mass is 908 g/mol. The van der Waals surface area contributed by atoms with Crippen LogP contribution >= 0.6 is 0 Å². The van der Waals surface area contributed by atoms with Crippen LogP contribution in [0, 0.1) is 52.5 Å². The molecule has 0 atom stereocenters. The summed E-state index contributed by atoms with van der Waals surface area (Å²) in [5.74, 6) is 0. The van der Waals surface area contributed by atoms with Crippen LogP contribution in [0.5, 0.6) is 0 Å². The van der Waals surface area contributed by atoms with Crippen molar-refractivity contribution in [1.82, 2.24) is 9.13 Å². The summed E-state index contributed by atoms with van der Waals surface area (Å²) < 4.78 is 4.60. The van der Waals surface area contributed by atoms with Crippen LogP contribution < -0.4 is 0 Å². The molecule has 0 aliphatic carbocycles. The summed E-state index contributed by atoms with van der Waals surface area (Å²) in [6.07, 6.45) is 0. The molecule has 0 saturated carbocycles. The van der Waals surface area contributed by atoms with Crippen molar-refractivity contribution in [2.75, 3.05) is 0 Å². The molecule has 0 saturated heterocycles. The molecule has 0 spiro atoms. The number of aryl methyl sites for hydroxylation is 5. The van der Waals surface area contributed by atoms with E-state index in [1.807, 2.05) is 19.1 Å². The van der Waals surface area contributed by atoms with Gasteiger partial charge in [0.05, 0.1) is 51.6 Å². The lowest BCUT2D eigenvalue weighted by molar-refractivity contribution is 1.14. The first-order valence-electron chi connectivity index (χ1n) is 24.1. The summed E-state index contributed by atoms with van der Waals surface area (Å²) in [4.78, 5) is 4.60. The Morgan fingerprint density at radius 3 is 1.10 bits per heavy atom. The Balaban J connectivity index is 1.19. The van der Waals surface area contributed by atoms with E-state index in [1.54, 1.807) is 0 Å². The number of nitriles is 1. The van der Waals surface area contributed by atoms with Gasteiger partial charge in [-0.25, -0.2) is 4.85 Å². The van der Waals surface area contributed by atoms with Gasteiger partial charge < -0.3 is 9.13 Å². The van der Waals surface area contributed by atoms with Crippen LogP contribution in [-0.4, -0.2) is 9.13 Å². The van der Waals surface area contributed by atoms with Gasteiger partial charge in [-0.05, 0) is 163 Å². The van der Waals surface area contributed by atoms with Gasteiger partial charge in [0.15, 0.2) is 0 Å². The van der Waals surface area contributed by atoms with Gasteiger partial charge in [-0.2, -0.15) is 5.26 Å². The number of hydrogen-bond acceptors (Lipinski definition) is 1. The molecule has 0 fully saturated rings. The number of hydrogen-bond donors (Lipinski definition) is 0. The fourth-order valence-corrected chi connectivity index (χ4v) is 10.9. The van der Waals surface area contributed by atoms with Crippen molar-refractivity contribution >= 4 is 49.3 Å². The van der Waals surface area contributed by atoms with Crippen molar-refractivity contribution in [2.45, 2.75) is 34.6 Å². The molecule has 0 bridgehead atoms. The minimum Gasteiger partial charge on any atom is -0.319 e. The van der Waals surface area contributed by atoms with Crippen LogP contribution in [0.15, 0.2) is 200 Å². The quantitative estimate of drug-likeness (QED) is 0.147. The first-order chi connectivity index (χ1) is 34.6. The standard InChI is InChI=1S/C67H48N4/c1-41-11-7-15-47(30-41)51-19-24-61-57(36-51)58-37-52(48-16-8-12-42(2)31-48)20-25-62(58)70(61)65-28-23-56(55-34-45(5)29-46(35-55)40-68)67(66(65)69-6)71-63-26-21-53(49-17-9-13-43(3)32-49)38-59(63)60-39-54(22-27-64(60)71)50-18-10-14-44(4)33-50/h7-39H,1-5H3. The molecule has 4 nitrogen and oxygen atoms in total. The Kier molecular flexibility index (Phi) is 10.4. The summed E-state index contributed by atoms with van der Waals surface area (Å²) in [5, 5.41) is 14.7. The number of nitrogens with zero attached hydrogens (tertiary/aromatic N) is 4. The Morgan fingerprint density at radius 1 is 0.366 bits per heavy atom. The second-order valence-corrected chi connectivity index (χ2v) is 19.2. The highest BCUT2D eigenvalue weighted by Crippen LogP contribution is 2.48. The predicted molar refractivity (Wildman–Crippen MR) is 297 cm³/mol. The van der Waals surface area contributed by atoms with Gasteiger partial charge in [0, 0.05) is 21.5 Å². The van der Waals surface area contributed by atoms with E-state index in [0.717, 1.165) is 116 Å². The fourth-order valence-electron chi connectivity index (χ4n) is 10.9. The number of rotatable bonds is 7. The highest BCUT2D eigenvalue weighted by molar-refractivity contribution is 6.15. The highest BCUT2D eigenvalue weighted by atomic mass is 15.1. The zero-order valence-corrected chi connectivity index (χ0v) is 40.3. The van der Waals surface area contributed by atoms with Crippen LogP contribution in [-0.2, 0) is 0 Å². The zero-order valence-electron chi connectivity index (χ0n) is 40.3. The van der Waals surface area contributed by atoms with Gasteiger partial charge >= 0.3 is 0 Å². The molecule has 4 heteroatoms. The SMILES string of the molecule is [C-]#[N+]c1c(-n2c3ccc(-c4cccc(C)c4)cc3c3cc(-c4cccc(C)c4)ccc32)ccc(-c2cc(C)cc(C#N)c2)c1-n1c2ccc(-c3cccc(C)c3)cc2c2cc(-c3cccc(C)c3)ccc21. The van der Waals surface area contributed by atoms with Crippen molar-refractivity contribution < 1.29 is 0 Å². The van der Waals surface area contributed by atoms with E-state index in [9.17, 15) is 11.8 Å². The first-order valence-corrected chi connectivity index (χ1v) is 24.1. The number of aromatic nitrogens is 2. The second kappa shape index (κ2) is 17.1. The molecule has 0 N–H and O–H groups in total. The molecule has 2 aromatic heterocycles. The molecule has 71 heavy (non-hydrogen) atoms. The normalized spacial score (nSPS) is 11.4. The molecular weight excluding hydrogens is 861 g/mol. The van der Waals surface area contributed by atoms with E-state index in [4.69, 9.17) is 0 Å². The summed E-state index contributed by atoms with van der Waals surface area (Å²) >= 11 is 0. The summed E-state index contributed by atoms with van der Waals surface area (Å²) in [6.45, 7) is 19.9. The molecule has 336 valence electrons. The van der Waals surface area contributed by atoms with Crippen LogP contribution in [0.3, 0.4) is 0 Å². The van der Waals surface area contributed by atoms with Gasteiger partial charge in [0.2, 0.25) is 5.69 Å². The molecule has 12 aromatic rings. The third-order valence-electron chi connectivity index (χ3n) is 14.2. The predicted octanol–water partition coefficient (Wildman–Crippen LogP) is 18.2. The third-order valence-corrected chi connectivity index (χ3v) is 14.2. The Labute approximate surface area is 414 Å². The Hall–Kier alpha value is -9.22. The van der Waals surface area contributed by atoms with Crippen LogP contribution in [0.1, 0.15) is 33.4 Å². The maximum Gasteiger partial charge on any atom is 0.234 e. The second-order valence-electron chi connectivity index (χ2n) is 19.2. The zero-order chi connectivity index (χ0) is 48.5. The largest absolute Gasteiger partial charge is 0.319 e. The summed E-state index contributed by atoms with van der Waals surface area (Å²) in [6, 6.07) is 74.4. The molecular formula is C67H48N4. The molecule has 0 aliphatic rings. The van der Waals surface area contributed by atoms with E-state index >= 15 is 0 Å². The fraction of sp³-hybridized carbons (Fsp3) is 0.0746. The maximum absolute atomic E-state index is 10.3. The topological polar surface area (TPSA) is 38.0 Å².